The van der Waals surface area contributed by atoms with E-state index in [1.165, 1.54) is 0 Å². The van der Waals surface area contributed by atoms with Crippen molar-refractivity contribution in [3.05, 3.63) is 0 Å². The maximum atomic E-state index is 12.5. The van der Waals surface area contributed by atoms with Gasteiger partial charge in [-0.15, -0.1) is 0 Å². The van der Waals surface area contributed by atoms with Gasteiger partial charge in [0, 0.05) is 31.1 Å². The van der Waals surface area contributed by atoms with E-state index in [0.29, 0.717) is 31.0 Å². The van der Waals surface area contributed by atoms with Gasteiger partial charge in [-0.25, -0.2) is 4.79 Å². The summed E-state index contributed by atoms with van der Waals surface area (Å²) in [6.07, 6.45) is 3.35. The van der Waals surface area contributed by atoms with Crippen LogP contribution in [-0.4, -0.2) is 59.6 Å². The number of carbonyl (C=O) groups is 2. The first-order valence-electron chi connectivity index (χ1n) is 8.83. The number of amides is 2. The zero-order chi connectivity index (χ0) is 17.1. The van der Waals surface area contributed by atoms with Crippen LogP contribution in [0.25, 0.3) is 0 Å². The van der Waals surface area contributed by atoms with Gasteiger partial charge >= 0.3 is 6.09 Å². The van der Waals surface area contributed by atoms with Gasteiger partial charge in [-0.2, -0.15) is 0 Å². The summed E-state index contributed by atoms with van der Waals surface area (Å²) in [6.45, 7) is 7.32. The SMILES string of the molecule is CC[C@@H]1C[C@H](N(C)C(C)C)CC[C@@H]1N1CC[C@H](OC(N)=O)C1=O. The largest absolute Gasteiger partial charge is 0.436 e. The van der Waals surface area contributed by atoms with Gasteiger partial charge in [0.15, 0.2) is 6.10 Å². The minimum Gasteiger partial charge on any atom is -0.436 e. The maximum Gasteiger partial charge on any atom is 0.405 e. The van der Waals surface area contributed by atoms with Crippen LogP contribution in [0.15, 0.2) is 0 Å². The van der Waals surface area contributed by atoms with E-state index < -0.39 is 12.2 Å². The Balaban J connectivity index is 2.01. The van der Waals surface area contributed by atoms with Crippen molar-refractivity contribution >= 4 is 12.0 Å². The lowest BCUT2D eigenvalue weighted by molar-refractivity contribution is -0.138. The number of hydrogen-bond donors (Lipinski definition) is 1. The predicted molar refractivity (Wildman–Crippen MR) is 88.9 cm³/mol. The quantitative estimate of drug-likeness (QED) is 0.838. The Hall–Kier alpha value is -1.30. The fraction of sp³-hybridized carbons (Fsp3) is 0.882. The maximum absolute atomic E-state index is 12.5. The zero-order valence-electron chi connectivity index (χ0n) is 14.8. The first kappa shape index (κ1) is 18.0. The van der Waals surface area contributed by atoms with Gasteiger partial charge < -0.3 is 20.3 Å². The predicted octanol–water partition coefficient (Wildman–Crippen LogP) is 1.97. The second kappa shape index (κ2) is 7.51. The fourth-order valence-corrected chi connectivity index (χ4v) is 4.12. The van der Waals surface area contributed by atoms with Gasteiger partial charge in [-0.1, -0.05) is 13.3 Å². The highest BCUT2D eigenvalue weighted by Crippen LogP contribution is 2.35. The summed E-state index contributed by atoms with van der Waals surface area (Å²) in [5, 5.41) is 0. The van der Waals surface area contributed by atoms with Crippen molar-refractivity contribution in [2.24, 2.45) is 11.7 Å². The number of carbonyl (C=O) groups excluding carboxylic acids is 2. The molecule has 2 N–H and O–H groups in total. The summed E-state index contributed by atoms with van der Waals surface area (Å²) in [5.41, 5.74) is 5.05. The van der Waals surface area contributed by atoms with Gasteiger partial charge in [0.25, 0.3) is 5.91 Å². The Morgan fingerprint density at radius 3 is 2.65 bits per heavy atom. The number of hydrogen-bond acceptors (Lipinski definition) is 4. The van der Waals surface area contributed by atoms with Crippen molar-refractivity contribution in [2.75, 3.05) is 13.6 Å². The Morgan fingerprint density at radius 1 is 1.39 bits per heavy atom. The van der Waals surface area contributed by atoms with Gasteiger partial charge in [0.05, 0.1) is 0 Å². The van der Waals surface area contributed by atoms with Gasteiger partial charge in [-0.05, 0) is 46.1 Å². The Morgan fingerprint density at radius 2 is 2.09 bits per heavy atom. The van der Waals surface area contributed by atoms with Gasteiger partial charge in [-0.3, -0.25) is 4.79 Å². The molecule has 2 aliphatic rings. The van der Waals surface area contributed by atoms with E-state index in [0.717, 1.165) is 25.7 Å². The molecule has 0 aromatic carbocycles. The summed E-state index contributed by atoms with van der Waals surface area (Å²) in [4.78, 5) is 27.8. The number of ether oxygens (including phenoxy) is 1. The van der Waals surface area contributed by atoms with Crippen LogP contribution in [0, 0.1) is 5.92 Å². The molecule has 23 heavy (non-hydrogen) atoms. The Bertz CT molecular complexity index is 441. The lowest BCUT2D eigenvalue weighted by Crippen LogP contribution is -2.50. The molecule has 0 unspecified atom stereocenters. The molecule has 1 aliphatic carbocycles. The highest BCUT2D eigenvalue weighted by atomic mass is 16.6. The van der Waals surface area contributed by atoms with Crippen LogP contribution in [0.3, 0.4) is 0 Å². The molecule has 1 saturated carbocycles. The van der Waals surface area contributed by atoms with E-state index in [1.807, 2.05) is 4.90 Å². The second-order valence-electron chi connectivity index (χ2n) is 7.21. The minimum absolute atomic E-state index is 0.0667. The van der Waals surface area contributed by atoms with E-state index in [2.05, 4.69) is 32.7 Å². The third-order valence-corrected chi connectivity index (χ3v) is 5.68. The van der Waals surface area contributed by atoms with E-state index in [4.69, 9.17) is 10.5 Å². The fourth-order valence-electron chi connectivity index (χ4n) is 4.12. The molecule has 1 heterocycles. The molecule has 6 heteroatoms. The van der Waals surface area contributed by atoms with Crippen LogP contribution in [0.1, 0.15) is 52.9 Å². The molecule has 0 spiro atoms. The average molecular weight is 325 g/mol. The van der Waals surface area contributed by atoms with Crippen LogP contribution in [-0.2, 0) is 9.53 Å². The van der Waals surface area contributed by atoms with E-state index >= 15 is 0 Å². The number of likely N-dealkylation sites (tertiary alicyclic amines) is 1. The molecular formula is C17H31N3O3. The molecule has 1 saturated heterocycles. The van der Waals surface area contributed by atoms with Crippen molar-refractivity contribution < 1.29 is 14.3 Å². The number of nitrogens with zero attached hydrogens (tertiary/aromatic N) is 2. The molecule has 1 aliphatic heterocycles. The molecular weight excluding hydrogens is 294 g/mol. The van der Waals surface area contributed by atoms with Crippen molar-refractivity contribution in [3.63, 3.8) is 0 Å². The first-order valence-corrected chi connectivity index (χ1v) is 8.83. The van der Waals surface area contributed by atoms with Gasteiger partial charge in [0.2, 0.25) is 0 Å². The number of rotatable bonds is 5. The lowest BCUT2D eigenvalue weighted by atomic mass is 9.78. The average Bonchev–Trinajstić information content (AvgIpc) is 2.86. The monoisotopic (exact) mass is 325 g/mol. The molecule has 4 atom stereocenters. The molecule has 0 aromatic rings. The summed E-state index contributed by atoms with van der Waals surface area (Å²) < 4.78 is 4.94. The van der Waals surface area contributed by atoms with Crippen molar-refractivity contribution in [1.29, 1.82) is 0 Å². The standard InChI is InChI=1S/C17H31N3O3/c1-5-12-10-13(19(4)11(2)3)6-7-14(12)20-9-8-15(16(20)21)23-17(18)22/h11-15H,5-10H2,1-4H3,(H2,18,22)/t12-,13-,14+,15+/m1/s1. The zero-order valence-corrected chi connectivity index (χ0v) is 14.8. The van der Waals surface area contributed by atoms with E-state index in [-0.39, 0.29) is 11.9 Å². The van der Waals surface area contributed by atoms with E-state index in [9.17, 15) is 9.59 Å². The third-order valence-electron chi connectivity index (χ3n) is 5.68. The highest BCUT2D eigenvalue weighted by molar-refractivity contribution is 5.85. The molecule has 6 nitrogen and oxygen atoms in total. The first-order chi connectivity index (χ1) is 10.8. The normalized spacial score (nSPS) is 31.9. The van der Waals surface area contributed by atoms with Crippen molar-refractivity contribution in [1.82, 2.24) is 9.80 Å². The summed E-state index contributed by atoms with van der Waals surface area (Å²) in [7, 11) is 2.19. The van der Waals surface area contributed by atoms with Crippen LogP contribution >= 0.6 is 0 Å². The number of nitrogens with two attached hydrogens (primary N) is 1. The second-order valence-corrected chi connectivity index (χ2v) is 7.21. The molecule has 0 radical (unpaired) electrons. The Labute approximate surface area is 139 Å². The molecule has 2 amide bonds. The Kier molecular flexibility index (Phi) is 5.89. The van der Waals surface area contributed by atoms with Crippen LogP contribution in [0.2, 0.25) is 0 Å². The molecule has 0 bridgehead atoms. The lowest BCUT2D eigenvalue weighted by Gasteiger charge is -2.44. The van der Waals surface area contributed by atoms with Gasteiger partial charge in [0.1, 0.15) is 0 Å². The topological polar surface area (TPSA) is 75.9 Å². The molecule has 2 fully saturated rings. The van der Waals surface area contributed by atoms with Crippen molar-refractivity contribution in [2.45, 2.75) is 77.1 Å². The van der Waals surface area contributed by atoms with Crippen LogP contribution in [0.4, 0.5) is 4.79 Å². The van der Waals surface area contributed by atoms with Crippen molar-refractivity contribution in [3.8, 4) is 0 Å². The van der Waals surface area contributed by atoms with Crippen LogP contribution < -0.4 is 5.73 Å². The molecule has 0 aromatic heterocycles. The highest BCUT2D eigenvalue weighted by Gasteiger charge is 2.43. The summed E-state index contributed by atoms with van der Waals surface area (Å²) in [5.74, 6) is 0.439. The van der Waals surface area contributed by atoms with E-state index in [1.54, 1.807) is 0 Å². The third kappa shape index (κ3) is 3.97. The van der Waals surface area contributed by atoms with Crippen LogP contribution in [0.5, 0.6) is 0 Å². The number of primary amides is 1. The minimum atomic E-state index is -0.862. The molecule has 132 valence electrons. The molecule has 2 rings (SSSR count). The summed E-state index contributed by atoms with van der Waals surface area (Å²) in [6, 6.07) is 1.40. The summed E-state index contributed by atoms with van der Waals surface area (Å²) >= 11 is 0. The smallest absolute Gasteiger partial charge is 0.405 e.